The van der Waals surface area contributed by atoms with Gasteiger partial charge in [0.25, 0.3) is 0 Å². The summed E-state index contributed by atoms with van der Waals surface area (Å²) in [5.41, 5.74) is 0.580. The average molecular weight is 189 g/mol. The molecular formula is C10H11N3O. The van der Waals surface area contributed by atoms with Crippen LogP contribution in [-0.2, 0) is 0 Å². The fourth-order valence-corrected chi connectivity index (χ4v) is 1.42. The summed E-state index contributed by atoms with van der Waals surface area (Å²) in [6, 6.07) is 5.48. The van der Waals surface area contributed by atoms with Gasteiger partial charge in [-0.15, -0.1) is 0 Å². The van der Waals surface area contributed by atoms with E-state index in [1.54, 1.807) is 18.3 Å². The lowest BCUT2D eigenvalue weighted by atomic mass is 9.89. The van der Waals surface area contributed by atoms with Crippen LogP contribution in [0.3, 0.4) is 0 Å². The molecule has 1 saturated carbocycles. The predicted octanol–water partition coefficient (Wildman–Crippen LogP) is 0.888. The first-order valence-corrected chi connectivity index (χ1v) is 4.60. The summed E-state index contributed by atoms with van der Waals surface area (Å²) in [5, 5.41) is 21.1. The molecule has 2 N–H and O–H groups in total. The molecule has 0 radical (unpaired) electrons. The molecule has 1 heterocycles. The van der Waals surface area contributed by atoms with Crippen LogP contribution in [0.5, 0.6) is 0 Å². The molecule has 0 amide bonds. The van der Waals surface area contributed by atoms with Crippen LogP contribution in [-0.4, -0.2) is 22.2 Å². The van der Waals surface area contributed by atoms with Crippen LogP contribution in [0.1, 0.15) is 18.4 Å². The highest BCUT2D eigenvalue weighted by Crippen LogP contribution is 2.23. The minimum Gasteiger partial charge on any atom is -0.391 e. The molecular weight excluding hydrogens is 178 g/mol. The van der Waals surface area contributed by atoms with E-state index in [0.29, 0.717) is 11.4 Å². The standard InChI is InChI=1S/C10H11N3O/c11-6-7-3-4-12-10(5-7)13-8-1-2-9(8)14/h3-5,8-9,14H,1-2H2,(H,12,13)/t8-,9-/m1/s1. The molecule has 72 valence electrons. The Morgan fingerprint density at radius 3 is 3.00 bits per heavy atom. The average Bonchev–Trinajstić information content (AvgIpc) is 2.24. The molecule has 0 bridgehead atoms. The molecule has 1 fully saturated rings. The van der Waals surface area contributed by atoms with Crippen molar-refractivity contribution in [1.82, 2.24) is 4.98 Å². The Balaban J connectivity index is 2.06. The van der Waals surface area contributed by atoms with Gasteiger partial charge in [-0.05, 0) is 25.0 Å². The van der Waals surface area contributed by atoms with E-state index in [-0.39, 0.29) is 12.1 Å². The summed E-state index contributed by atoms with van der Waals surface area (Å²) in [4.78, 5) is 4.07. The number of anilines is 1. The zero-order chi connectivity index (χ0) is 9.97. The first kappa shape index (κ1) is 8.97. The summed E-state index contributed by atoms with van der Waals surface area (Å²) in [6.45, 7) is 0. The Kier molecular flexibility index (Phi) is 2.33. The van der Waals surface area contributed by atoms with Gasteiger partial charge in [-0.2, -0.15) is 5.26 Å². The lowest BCUT2D eigenvalue weighted by Crippen LogP contribution is -2.42. The predicted molar refractivity (Wildman–Crippen MR) is 51.6 cm³/mol. The molecule has 1 aromatic heterocycles. The van der Waals surface area contributed by atoms with Gasteiger partial charge < -0.3 is 10.4 Å². The van der Waals surface area contributed by atoms with E-state index < -0.39 is 0 Å². The number of aromatic nitrogens is 1. The lowest BCUT2D eigenvalue weighted by Gasteiger charge is -2.33. The topological polar surface area (TPSA) is 68.9 Å². The lowest BCUT2D eigenvalue weighted by molar-refractivity contribution is 0.0784. The molecule has 14 heavy (non-hydrogen) atoms. The highest BCUT2D eigenvalue weighted by atomic mass is 16.3. The molecule has 0 spiro atoms. The summed E-state index contributed by atoms with van der Waals surface area (Å²) in [6.07, 6.45) is 3.11. The van der Waals surface area contributed by atoms with Crippen LogP contribution in [0.4, 0.5) is 5.82 Å². The van der Waals surface area contributed by atoms with Crippen LogP contribution < -0.4 is 5.32 Å². The van der Waals surface area contributed by atoms with Crippen molar-refractivity contribution in [2.75, 3.05) is 5.32 Å². The van der Waals surface area contributed by atoms with E-state index >= 15 is 0 Å². The van der Waals surface area contributed by atoms with Gasteiger partial charge in [0.15, 0.2) is 0 Å². The van der Waals surface area contributed by atoms with E-state index in [2.05, 4.69) is 10.3 Å². The maximum Gasteiger partial charge on any atom is 0.127 e. The Morgan fingerprint density at radius 2 is 2.43 bits per heavy atom. The van der Waals surface area contributed by atoms with Gasteiger partial charge in [0.05, 0.1) is 23.8 Å². The van der Waals surface area contributed by atoms with Gasteiger partial charge in [0.2, 0.25) is 0 Å². The molecule has 1 aliphatic rings. The first-order chi connectivity index (χ1) is 6.79. The monoisotopic (exact) mass is 189 g/mol. The van der Waals surface area contributed by atoms with Gasteiger partial charge in [-0.1, -0.05) is 0 Å². The summed E-state index contributed by atoms with van der Waals surface area (Å²) in [5.74, 6) is 0.660. The molecule has 1 aromatic rings. The number of hydrogen-bond donors (Lipinski definition) is 2. The van der Waals surface area contributed by atoms with Crippen molar-refractivity contribution in [3.05, 3.63) is 23.9 Å². The van der Waals surface area contributed by atoms with Crippen molar-refractivity contribution in [3.8, 4) is 6.07 Å². The Labute approximate surface area is 82.2 Å². The highest BCUT2D eigenvalue weighted by Gasteiger charge is 2.28. The minimum atomic E-state index is -0.275. The maximum absolute atomic E-state index is 9.34. The largest absolute Gasteiger partial charge is 0.391 e. The van der Waals surface area contributed by atoms with E-state index in [4.69, 9.17) is 5.26 Å². The van der Waals surface area contributed by atoms with Crippen LogP contribution in [0.25, 0.3) is 0 Å². The number of aliphatic hydroxyl groups excluding tert-OH is 1. The quantitative estimate of drug-likeness (QED) is 0.724. The number of pyridine rings is 1. The normalized spacial score (nSPS) is 24.9. The Bertz CT molecular complexity index is 372. The van der Waals surface area contributed by atoms with E-state index in [0.717, 1.165) is 12.8 Å². The number of nitrogens with zero attached hydrogens (tertiary/aromatic N) is 2. The highest BCUT2D eigenvalue weighted by molar-refractivity contribution is 5.43. The van der Waals surface area contributed by atoms with Crippen molar-refractivity contribution in [2.24, 2.45) is 0 Å². The van der Waals surface area contributed by atoms with Gasteiger partial charge >= 0.3 is 0 Å². The van der Waals surface area contributed by atoms with E-state index in [1.165, 1.54) is 0 Å². The van der Waals surface area contributed by atoms with Gasteiger partial charge in [-0.25, -0.2) is 4.98 Å². The number of nitriles is 1. The molecule has 4 nitrogen and oxygen atoms in total. The van der Waals surface area contributed by atoms with Crippen molar-refractivity contribution in [1.29, 1.82) is 5.26 Å². The molecule has 0 aliphatic heterocycles. The van der Waals surface area contributed by atoms with Gasteiger partial charge in [0, 0.05) is 6.20 Å². The van der Waals surface area contributed by atoms with E-state index in [9.17, 15) is 5.11 Å². The van der Waals surface area contributed by atoms with E-state index in [1.807, 2.05) is 6.07 Å². The summed E-state index contributed by atoms with van der Waals surface area (Å²) < 4.78 is 0. The minimum absolute atomic E-state index is 0.0939. The third-order valence-corrected chi connectivity index (χ3v) is 2.46. The van der Waals surface area contributed by atoms with Crippen molar-refractivity contribution in [2.45, 2.75) is 25.0 Å². The van der Waals surface area contributed by atoms with Crippen LogP contribution in [0.2, 0.25) is 0 Å². The second-order valence-corrected chi connectivity index (χ2v) is 3.44. The van der Waals surface area contributed by atoms with Crippen LogP contribution in [0.15, 0.2) is 18.3 Å². The van der Waals surface area contributed by atoms with Crippen LogP contribution >= 0.6 is 0 Å². The molecule has 2 atom stereocenters. The molecule has 1 aliphatic carbocycles. The SMILES string of the molecule is N#Cc1ccnc(N[C@@H]2CC[C@H]2O)c1. The molecule has 0 aromatic carbocycles. The smallest absolute Gasteiger partial charge is 0.127 e. The molecule has 4 heteroatoms. The first-order valence-electron chi connectivity index (χ1n) is 4.60. The Hall–Kier alpha value is -1.60. The second kappa shape index (κ2) is 3.64. The fraction of sp³-hybridized carbons (Fsp3) is 0.400. The second-order valence-electron chi connectivity index (χ2n) is 3.44. The zero-order valence-electron chi connectivity index (χ0n) is 7.64. The third-order valence-electron chi connectivity index (χ3n) is 2.46. The fourth-order valence-electron chi connectivity index (χ4n) is 1.42. The van der Waals surface area contributed by atoms with Crippen LogP contribution in [0, 0.1) is 11.3 Å². The number of rotatable bonds is 2. The molecule has 0 saturated heterocycles. The summed E-state index contributed by atoms with van der Waals surface area (Å²) in [7, 11) is 0. The number of nitrogens with one attached hydrogen (secondary N) is 1. The zero-order valence-corrected chi connectivity index (χ0v) is 7.64. The van der Waals surface area contributed by atoms with Gasteiger partial charge in [0.1, 0.15) is 5.82 Å². The third kappa shape index (κ3) is 1.68. The molecule has 2 rings (SSSR count). The van der Waals surface area contributed by atoms with Crippen molar-refractivity contribution in [3.63, 3.8) is 0 Å². The maximum atomic E-state index is 9.34. The Morgan fingerprint density at radius 1 is 1.57 bits per heavy atom. The van der Waals surface area contributed by atoms with Gasteiger partial charge in [-0.3, -0.25) is 0 Å². The summed E-state index contributed by atoms with van der Waals surface area (Å²) >= 11 is 0. The van der Waals surface area contributed by atoms with Crippen molar-refractivity contribution < 1.29 is 5.11 Å². The van der Waals surface area contributed by atoms with Crippen molar-refractivity contribution >= 4 is 5.82 Å². The molecule has 0 unspecified atom stereocenters. The number of hydrogen-bond acceptors (Lipinski definition) is 4. The number of aliphatic hydroxyl groups is 1.